The van der Waals surface area contributed by atoms with Crippen LogP contribution in [0.3, 0.4) is 0 Å². The van der Waals surface area contributed by atoms with E-state index in [4.69, 9.17) is 4.74 Å². The van der Waals surface area contributed by atoms with Gasteiger partial charge in [0.25, 0.3) is 0 Å². The molecule has 2 fully saturated rings. The van der Waals surface area contributed by atoms with Crippen LogP contribution in [0.1, 0.15) is 19.3 Å². The Morgan fingerprint density at radius 1 is 1.33 bits per heavy atom. The lowest BCUT2D eigenvalue weighted by Gasteiger charge is -2.19. The van der Waals surface area contributed by atoms with Gasteiger partial charge in [-0.15, -0.1) is 0 Å². The first kappa shape index (κ1) is 3.03. The summed E-state index contributed by atoms with van der Waals surface area (Å²) >= 11 is 0. The van der Waals surface area contributed by atoms with Gasteiger partial charge in [0.1, 0.15) is 0 Å². The predicted molar refractivity (Wildman–Crippen MR) is 22.5 cm³/mol. The first-order chi connectivity index (χ1) is 2.91. The summed E-state index contributed by atoms with van der Waals surface area (Å²) in [7, 11) is 0. The lowest BCUT2D eigenvalue weighted by molar-refractivity contribution is 0.200. The molecular formula is C5H8O. The summed E-state index contributed by atoms with van der Waals surface area (Å²) in [6, 6.07) is 0. The Morgan fingerprint density at radius 2 is 2.00 bits per heavy atom. The van der Waals surface area contributed by atoms with E-state index in [-0.39, 0.29) is 0 Å². The first-order valence-corrected chi connectivity index (χ1v) is 2.55. The van der Waals surface area contributed by atoms with Crippen molar-refractivity contribution in [3.63, 3.8) is 0 Å². The Bertz CT molecular complexity index is 68.0. The summed E-state index contributed by atoms with van der Waals surface area (Å²) in [4.78, 5) is 0. The molecule has 1 aliphatic carbocycles. The maximum atomic E-state index is 5.13. The summed E-state index contributed by atoms with van der Waals surface area (Å²) in [5, 5.41) is 0. The molecule has 2 aliphatic rings. The van der Waals surface area contributed by atoms with E-state index in [1.54, 1.807) is 0 Å². The van der Waals surface area contributed by atoms with Crippen molar-refractivity contribution in [3.8, 4) is 0 Å². The average molecular weight is 84.1 g/mol. The molecule has 2 rings (SSSR count). The smallest absolute Gasteiger partial charge is 0.0916 e. The van der Waals surface area contributed by atoms with E-state index in [1.165, 1.54) is 19.3 Å². The van der Waals surface area contributed by atoms with Crippen molar-refractivity contribution in [1.29, 1.82) is 0 Å². The zero-order valence-electron chi connectivity index (χ0n) is 3.74. The highest BCUT2D eigenvalue weighted by molar-refractivity contribution is 4.98. The molecule has 1 aliphatic heterocycles. The largest absolute Gasteiger partial charge is 0.370 e. The Labute approximate surface area is 37.3 Å². The molecule has 6 heavy (non-hydrogen) atoms. The van der Waals surface area contributed by atoms with Crippen LogP contribution in [0.4, 0.5) is 0 Å². The highest BCUT2D eigenvalue weighted by Crippen LogP contribution is 2.45. The third-order valence-electron chi connectivity index (χ3n) is 1.82. The minimum absolute atomic E-state index is 0.472. The molecule has 0 bridgehead atoms. The van der Waals surface area contributed by atoms with Gasteiger partial charge in [0.15, 0.2) is 0 Å². The molecule has 0 radical (unpaired) electrons. The molecular weight excluding hydrogens is 76.1 g/mol. The summed E-state index contributed by atoms with van der Waals surface area (Å²) in [5.74, 6) is 0. The van der Waals surface area contributed by atoms with Gasteiger partial charge in [-0.05, 0) is 19.3 Å². The summed E-state index contributed by atoms with van der Waals surface area (Å²) in [5.41, 5.74) is 0.472. The molecule has 0 amide bonds. The highest BCUT2D eigenvalue weighted by Gasteiger charge is 2.49. The van der Waals surface area contributed by atoms with Crippen LogP contribution in [0.25, 0.3) is 0 Å². The van der Waals surface area contributed by atoms with Crippen LogP contribution in [-0.2, 0) is 4.74 Å². The third-order valence-corrected chi connectivity index (χ3v) is 1.82. The van der Waals surface area contributed by atoms with Gasteiger partial charge in [-0.2, -0.15) is 0 Å². The lowest BCUT2D eigenvalue weighted by atomic mass is 9.86. The fourth-order valence-electron chi connectivity index (χ4n) is 0.962. The third kappa shape index (κ3) is 0.207. The zero-order valence-corrected chi connectivity index (χ0v) is 3.74. The molecule has 1 saturated carbocycles. The van der Waals surface area contributed by atoms with Gasteiger partial charge in [0, 0.05) is 0 Å². The van der Waals surface area contributed by atoms with Gasteiger partial charge in [-0.3, -0.25) is 0 Å². The maximum absolute atomic E-state index is 5.13. The Hall–Kier alpha value is -0.0400. The second-order valence-corrected chi connectivity index (χ2v) is 2.33. The van der Waals surface area contributed by atoms with Crippen molar-refractivity contribution < 1.29 is 4.74 Å². The number of hydrogen-bond donors (Lipinski definition) is 0. The molecule has 1 spiro atoms. The van der Waals surface area contributed by atoms with E-state index in [0.717, 1.165) is 6.61 Å². The van der Waals surface area contributed by atoms with Gasteiger partial charge in [-0.1, -0.05) is 0 Å². The molecule has 0 aromatic rings. The monoisotopic (exact) mass is 84.1 g/mol. The molecule has 0 aromatic heterocycles. The number of epoxide rings is 1. The minimum atomic E-state index is 0.472. The van der Waals surface area contributed by atoms with Crippen LogP contribution in [0.15, 0.2) is 0 Å². The van der Waals surface area contributed by atoms with Gasteiger partial charge >= 0.3 is 0 Å². The lowest BCUT2D eigenvalue weighted by Crippen LogP contribution is -2.20. The molecule has 34 valence electrons. The number of ether oxygens (including phenoxy) is 1. The topological polar surface area (TPSA) is 12.5 Å². The summed E-state index contributed by atoms with van der Waals surface area (Å²) in [6.07, 6.45) is 4.08. The van der Waals surface area contributed by atoms with Crippen molar-refractivity contribution in [2.24, 2.45) is 0 Å². The van der Waals surface area contributed by atoms with Crippen LogP contribution in [0.2, 0.25) is 0 Å². The fourth-order valence-corrected chi connectivity index (χ4v) is 0.962. The van der Waals surface area contributed by atoms with Crippen LogP contribution in [-0.4, -0.2) is 12.2 Å². The Balaban J connectivity index is 2.09. The molecule has 0 aromatic carbocycles. The molecule has 1 heteroatoms. The van der Waals surface area contributed by atoms with E-state index < -0.39 is 0 Å². The summed E-state index contributed by atoms with van der Waals surface area (Å²) < 4.78 is 5.13. The molecule has 1 saturated heterocycles. The number of rotatable bonds is 0. The van der Waals surface area contributed by atoms with Crippen molar-refractivity contribution in [3.05, 3.63) is 0 Å². The van der Waals surface area contributed by atoms with E-state index >= 15 is 0 Å². The van der Waals surface area contributed by atoms with Crippen molar-refractivity contribution in [1.82, 2.24) is 0 Å². The molecule has 0 atom stereocenters. The predicted octanol–water partition coefficient (Wildman–Crippen LogP) is 0.939. The normalized spacial score (nSPS) is 36.0. The molecule has 0 unspecified atom stereocenters. The van der Waals surface area contributed by atoms with Crippen LogP contribution in [0.5, 0.6) is 0 Å². The van der Waals surface area contributed by atoms with E-state index in [9.17, 15) is 0 Å². The second-order valence-electron chi connectivity index (χ2n) is 2.33. The van der Waals surface area contributed by atoms with Crippen LogP contribution >= 0.6 is 0 Å². The number of hydrogen-bond acceptors (Lipinski definition) is 1. The van der Waals surface area contributed by atoms with Gasteiger partial charge in [0.05, 0.1) is 12.2 Å². The minimum Gasteiger partial charge on any atom is -0.370 e. The van der Waals surface area contributed by atoms with Gasteiger partial charge in [0.2, 0.25) is 0 Å². The Morgan fingerprint density at radius 3 is 2.00 bits per heavy atom. The van der Waals surface area contributed by atoms with E-state index in [0.29, 0.717) is 5.60 Å². The summed E-state index contributed by atoms with van der Waals surface area (Å²) in [6.45, 7) is 1.06. The van der Waals surface area contributed by atoms with Gasteiger partial charge < -0.3 is 4.74 Å². The maximum Gasteiger partial charge on any atom is 0.0916 e. The standard InChI is InChI=1S/C5H8O/c1-2-5(3-1)4-6-5/h1-4H2. The van der Waals surface area contributed by atoms with Gasteiger partial charge in [-0.25, -0.2) is 0 Å². The second kappa shape index (κ2) is 0.648. The van der Waals surface area contributed by atoms with Crippen molar-refractivity contribution in [2.75, 3.05) is 6.61 Å². The quantitative estimate of drug-likeness (QED) is 0.398. The van der Waals surface area contributed by atoms with E-state index in [2.05, 4.69) is 0 Å². The average Bonchev–Trinajstić information content (AvgIpc) is 2.02. The van der Waals surface area contributed by atoms with Crippen molar-refractivity contribution in [2.45, 2.75) is 24.9 Å². The van der Waals surface area contributed by atoms with Crippen LogP contribution in [0, 0.1) is 0 Å². The van der Waals surface area contributed by atoms with Crippen molar-refractivity contribution >= 4 is 0 Å². The SMILES string of the molecule is C1CC2(C1)CO2. The van der Waals surface area contributed by atoms with Crippen LogP contribution < -0.4 is 0 Å². The first-order valence-electron chi connectivity index (χ1n) is 2.55. The highest BCUT2D eigenvalue weighted by atomic mass is 16.6. The zero-order chi connectivity index (χ0) is 4.04. The van der Waals surface area contributed by atoms with E-state index in [1.807, 2.05) is 0 Å². The molecule has 1 nitrogen and oxygen atoms in total. The molecule has 1 heterocycles. The fraction of sp³-hybridized carbons (Fsp3) is 1.00. The Kier molecular flexibility index (Phi) is 0.327. The molecule has 0 N–H and O–H groups in total.